The SMILES string of the molecule is CC(NN1CCCCC1)c1ccc(C#N)cc1. The van der Waals surface area contributed by atoms with Crippen LogP contribution in [0, 0.1) is 11.3 Å². The summed E-state index contributed by atoms with van der Waals surface area (Å²) in [5.74, 6) is 0. The summed E-state index contributed by atoms with van der Waals surface area (Å²) < 4.78 is 0. The Labute approximate surface area is 103 Å². The second-order valence-electron chi connectivity index (χ2n) is 4.63. The molecule has 1 aliphatic heterocycles. The van der Waals surface area contributed by atoms with E-state index >= 15 is 0 Å². The van der Waals surface area contributed by atoms with E-state index in [2.05, 4.69) is 23.4 Å². The van der Waals surface area contributed by atoms with Gasteiger partial charge in [-0.25, -0.2) is 10.4 Å². The topological polar surface area (TPSA) is 39.1 Å². The first-order valence-electron chi connectivity index (χ1n) is 6.31. The van der Waals surface area contributed by atoms with Gasteiger partial charge in [0.15, 0.2) is 0 Å². The number of rotatable bonds is 3. The van der Waals surface area contributed by atoms with Crippen LogP contribution < -0.4 is 5.43 Å². The number of hydrogen-bond acceptors (Lipinski definition) is 3. The standard InChI is InChI=1S/C14H19N3/c1-12(16-17-9-3-2-4-10-17)14-7-5-13(11-15)6-8-14/h5-8,12,16H,2-4,9-10H2,1H3. The molecule has 0 aromatic heterocycles. The Hall–Kier alpha value is -1.37. The third-order valence-electron chi connectivity index (χ3n) is 3.27. The second kappa shape index (κ2) is 5.81. The van der Waals surface area contributed by atoms with Crippen molar-refractivity contribution in [1.29, 1.82) is 5.26 Å². The fourth-order valence-corrected chi connectivity index (χ4v) is 2.22. The van der Waals surface area contributed by atoms with Crippen molar-refractivity contribution in [3.05, 3.63) is 35.4 Å². The zero-order valence-electron chi connectivity index (χ0n) is 10.3. The molecule has 17 heavy (non-hydrogen) atoms. The van der Waals surface area contributed by atoms with Gasteiger partial charge >= 0.3 is 0 Å². The third kappa shape index (κ3) is 3.29. The molecule has 1 aliphatic rings. The molecule has 1 aromatic carbocycles. The van der Waals surface area contributed by atoms with Gasteiger partial charge in [-0.1, -0.05) is 18.6 Å². The van der Waals surface area contributed by atoms with Gasteiger partial charge in [-0.3, -0.25) is 0 Å². The molecule has 1 aromatic rings. The fraction of sp³-hybridized carbons (Fsp3) is 0.500. The molecule has 1 atom stereocenters. The zero-order valence-corrected chi connectivity index (χ0v) is 10.3. The van der Waals surface area contributed by atoms with Crippen LogP contribution in [0.1, 0.15) is 43.4 Å². The van der Waals surface area contributed by atoms with E-state index in [1.165, 1.54) is 24.8 Å². The van der Waals surface area contributed by atoms with Crippen molar-refractivity contribution in [2.24, 2.45) is 0 Å². The van der Waals surface area contributed by atoms with Crippen LogP contribution >= 0.6 is 0 Å². The highest BCUT2D eigenvalue weighted by Gasteiger charge is 2.13. The summed E-state index contributed by atoms with van der Waals surface area (Å²) in [7, 11) is 0. The van der Waals surface area contributed by atoms with Crippen molar-refractivity contribution in [3.63, 3.8) is 0 Å². The average Bonchev–Trinajstić information content (AvgIpc) is 2.40. The van der Waals surface area contributed by atoms with E-state index in [0.29, 0.717) is 6.04 Å². The summed E-state index contributed by atoms with van der Waals surface area (Å²) in [6, 6.07) is 10.3. The Morgan fingerprint density at radius 1 is 1.18 bits per heavy atom. The maximum absolute atomic E-state index is 8.75. The van der Waals surface area contributed by atoms with Gasteiger partial charge in [-0.05, 0) is 37.5 Å². The molecule has 2 rings (SSSR count). The highest BCUT2D eigenvalue weighted by Crippen LogP contribution is 2.15. The van der Waals surface area contributed by atoms with Gasteiger partial charge in [-0.2, -0.15) is 5.26 Å². The van der Waals surface area contributed by atoms with Gasteiger partial charge in [0.25, 0.3) is 0 Å². The third-order valence-corrected chi connectivity index (χ3v) is 3.27. The van der Waals surface area contributed by atoms with Crippen molar-refractivity contribution in [2.45, 2.75) is 32.2 Å². The van der Waals surface area contributed by atoms with E-state index in [4.69, 9.17) is 5.26 Å². The Morgan fingerprint density at radius 2 is 1.82 bits per heavy atom. The van der Waals surface area contributed by atoms with E-state index in [-0.39, 0.29) is 0 Å². The smallest absolute Gasteiger partial charge is 0.0991 e. The van der Waals surface area contributed by atoms with Gasteiger partial charge in [0, 0.05) is 19.1 Å². The molecular formula is C14H19N3. The maximum atomic E-state index is 8.75. The maximum Gasteiger partial charge on any atom is 0.0991 e. The number of benzene rings is 1. The van der Waals surface area contributed by atoms with Crippen LogP contribution in [-0.4, -0.2) is 18.1 Å². The normalized spacial score (nSPS) is 18.6. The molecule has 3 heteroatoms. The Kier molecular flexibility index (Phi) is 4.13. The minimum Gasteiger partial charge on any atom is -0.248 e. The molecule has 0 radical (unpaired) electrons. The summed E-state index contributed by atoms with van der Waals surface area (Å²) in [5.41, 5.74) is 5.48. The quantitative estimate of drug-likeness (QED) is 0.866. The minimum atomic E-state index is 0.306. The largest absolute Gasteiger partial charge is 0.248 e. The van der Waals surface area contributed by atoms with Gasteiger partial charge in [0.05, 0.1) is 11.6 Å². The molecule has 1 N–H and O–H groups in total. The molecule has 1 saturated heterocycles. The lowest BCUT2D eigenvalue weighted by Gasteiger charge is -2.30. The Balaban J connectivity index is 1.94. The number of nitriles is 1. The van der Waals surface area contributed by atoms with Crippen LogP contribution in [0.2, 0.25) is 0 Å². The van der Waals surface area contributed by atoms with Crippen molar-refractivity contribution in [3.8, 4) is 6.07 Å². The van der Waals surface area contributed by atoms with E-state index in [1.807, 2.05) is 24.3 Å². The van der Waals surface area contributed by atoms with Crippen molar-refractivity contribution in [2.75, 3.05) is 13.1 Å². The first-order chi connectivity index (χ1) is 8.29. The van der Waals surface area contributed by atoms with E-state index in [1.54, 1.807) is 0 Å². The van der Waals surface area contributed by atoms with Crippen molar-refractivity contribution >= 4 is 0 Å². The molecule has 1 unspecified atom stereocenters. The molecule has 0 saturated carbocycles. The molecule has 90 valence electrons. The number of nitrogens with one attached hydrogen (secondary N) is 1. The molecular weight excluding hydrogens is 210 g/mol. The highest BCUT2D eigenvalue weighted by atomic mass is 15.5. The molecule has 3 nitrogen and oxygen atoms in total. The number of nitrogens with zero attached hydrogens (tertiary/aromatic N) is 2. The molecule has 0 aliphatic carbocycles. The number of hydrazine groups is 1. The molecule has 1 heterocycles. The second-order valence-corrected chi connectivity index (χ2v) is 4.63. The number of hydrogen-bond donors (Lipinski definition) is 1. The first kappa shape index (κ1) is 12.1. The monoisotopic (exact) mass is 229 g/mol. The van der Waals surface area contributed by atoms with Gasteiger partial charge < -0.3 is 0 Å². The predicted molar refractivity (Wildman–Crippen MR) is 68.1 cm³/mol. The summed E-state index contributed by atoms with van der Waals surface area (Å²) in [6.45, 7) is 4.44. The Bertz CT molecular complexity index is 385. The summed E-state index contributed by atoms with van der Waals surface area (Å²) in [4.78, 5) is 0. The molecule has 0 spiro atoms. The van der Waals surface area contributed by atoms with Crippen LogP contribution in [-0.2, 0) is 0 Å². The minimum absolute atomic E-state index is 0.306. The van der Waals surface area contributed by atoms with E-state index in [9.17, 15) is 0 Å². The highest BCUT2D eigenvalue weighted by molar-refractivity contribution is 5.32. The van der Waals surface area contributed by atoms with Crippen LogP contribution in [0.5, 0.6) is 0 Å². The van der Waals surface area contributed by atoms with Gasteiger partial charge in [0.2, 0.25) is 0 Å². The zero-order chi connectivity index (χ0) is 12.1. The first-order valence-corrected chi connectivity index (χ1v) is 6.31. The van der Waals surface area contributed by atoms with Crippen LogP contribution in [0.15, 0.2) is 24.3 Å². The van der Waals surface area contributed by atoms with Crippen LogP contribution in [0.25, 0.3) is 0 Å². The van der Waals surface area contributed by atoms with Crippen LogP contribution in [0.4, 0.5) is 0 Å². The van der Waals surface area contributed by atoms with Gasteiger partial charge in [0.1, 0.15) is 0 Å². The summed E-state index contributed by atoms with van der Waals surface area (Å²) in [5, 5.41) is 11.1. The van der Waals surface area contributed by atoms with E-state index in [0.717, 1.165) is 18.7 Å². The predicted octanol–water partition coefficient (Wildman–Crippen LogP) is 2.61. The van der Waals surface area contributed by atoms with Crippen molar-refractivity contribution in [1.82, 2.24) is 10.4 Å². The summed E-state index contributed by atoms with van der Waals surface area (Å²) in [6.07, 6.45) is 3.92. The lowest BCUT2D eigenvalue weighted by molar-refractivity contribution is 0.133. The Morgan fingerprint density at radius 3 is 2.41 bits per heavy atom. The lowest BCUT2D eigenvalue weighted by Crippen LogP contribution is -2.42. The van der Waals surface area contributed by atoms with E-state index < -0.39 is 0 Å². The van der Waals surface area contributed by atoms with Gasteiger partial charge in [-0.15, -0.1) is 0 Å². The average molecular weight is 229 g/mol. The number of piperidine rings is 1. The van der Waals surface area contributed by atoms with Crippen LogP contribution in [0.3, 0.4) is 0 Å². The molecule has 1 fully saturated rings. The fourth-order valence-electron chi connectivity index (χ4n) is 2.22. The van der Waals surface area contributed by atoms with Crippen molar-refractivity contribution < 1.29 is 0 Å². The molecule has 0 bridgehead atoms. The summed E-state index contributed by atoms with van der Waals surface area (Å²) >= 11 is 0. The lowest BCUT2D eigenvalue weighted by atomic mass is 10.1. The molecule has 0 amide bonds.